The molecule has 0 saturated heterocycles. The number of fused-ring (bicyclic) bond motifs is 5. The van der Waals surface area contributed by atoms with Crippen molar-refractivity contribution in [3.05, 3.63) is 58.9 Å². The van der Waals surface area contributed by atoms with Gasteiger partial charge in [0.15, 0.2) is 5.78 Å². The van der Waals surface area contributed by atoms with Crippen LogP contribution in [0.3, 0.4) is 0 Å². The Morgan fingerprint density at radius 1 is 0.935 bits per heavy atom. The molecule has 2 N–H and O–H groups in total. The van der Waals surface area contributed by atoms with E-state index in [2.05, 4.69) is 43.1 Å². The van der Waals surface area contributed by atoms with Crippen LogP contribution in [0.4, 0.5) is 4.39 Å². The van der Waals surface area contributed by atoms with Crippen LogP contribution in [0.2, 0.25) is 0 Å². The molecular formula is C41H52FNO3. The summed E-state index contributed by atoms with van der Waals surface area (Å²) in [7, 11) is 0. The lowest BCUT2D eigenvalue weighted by molar-refractivity contribution is -0.141. The van der Waals surface area contributed by atoms with Crippen molar-refractivity contribution in [1.29, 1.82) is 0 Å². The first-order valence-corrected chi connectivity index (χ1v) is 18.5. The van der Waals surface area contributed by atoms with Crippen LogP contribution in [0, 0.1) is 40.3 Å². The van der Waals surface area contributed by atoms with Gasteiger partial charge in [0.25, 0.3) is 0 Å². The van der Waals surface area contributed by atoms with Gasteiger partial charge in [-0.2, -0.15) is 0 Å². The van der Waals surface area contributed by atoms with Gasteiger partial charge in [-0.05, 0) is 153 Å². The van der Waals surface area contributed by atoms with Gasteiger partial charge in [-0.3, -0.25) is 4.79 Å². The molecule has 246 valence electrons. The normalized spacial score (nSPS) is 35.4. The number of halogens is 1. The molecule has 0 spiro atoms. The predicted octanol–water partition coefficient (Wildman–Crippen LogP) is 9.60. The first kappa shape index (κ1) is 30.8. The summed E-state index contributed by atoms with van der Waals surface area (Å²) in [5.41, 5.74) is 6.62. The molecule has 1 aromatic heterocycles. The standard InChI is InChI=1S/C41H52FNO3/c1-40-19-17-29(44)22-27(40)13-14-30-33-15-16-37(41(33,2)20-18-34(30)40)46-21-4-3-6-25-9-11-26(12-10-25)39-31-7-5-8-36(45)32-23-28(42)24-35(43-39)38(31)32/h9-12,23-24,27,29-30,33-34,37,43-44H,3-8,13-22H2,1-2H3/t27-,29-,30-,33-,34-,37-,40-,41-/m0/s1. The second kappa shape index (κ2) is 11.9. The number of carbonyl (C=O) groups is 1. The lowest BCUT2D eigenvalue weighted by Crippen LogP contribution is -2.54. The highest BCUT2D eigenvalue weighted by atomic mass is 19.1. The monoisotopic (exact) mass is 625 g/mol. The summed E-state index contributed by atoms with van der Waals surface area (Å²) in [5.74, 6) is 2.91. The Labute approximate surface area is 273 Å². The van der Waals surface area contributed by atoms with Gasteiger partial charge in [0.05, 0.1) is 12.2 Å². The van der Waals surface area contributed by atoms with Crippen molar-refractivity contribution in [3.63, 3.8) is 0 Å². The van der Waals surface area contributed by atoms with Crippen molar-refractivity contribution >= 4 is 16.7 Å². The molecule has 8 atom stereocenters. The van der Waals surface area contributed by atoms with Crippen molar-refractivity contribution in [1.82, 2.24) is 4.98 Å². The van der Waals surface area contributed by atoms with E-state index < -0.39 is 0 Å². The molecule has 4 saturated carbocycles. The van der Waals surface area contributed by atoms with Crippen LogP contribution in [-0.2, 0) is 17.6 Å². The highest BCUT2D eigenvalue weighted by Gasteiger charge is 2.60. The van der Waals surface area contributed by atoms with E-state index in [1.807, 2.05) is 0 Å². The highest BCUT2D eigenvalue weighted by molar-refractivity contribution is 6.11. The van der Waals surface area contributed by atoms with Crippen molar-refractivity contribution in [2.24, 2.45) is 34.5 Å². The van der Waals surface area contributed by atoms with Crippen LogP contribution >= 0.6 is 0 Å². The Kier molecular flexibility index (Phi) is 7.96. The molecule has 4 nitrogen and oxygen atoms in total. The van der Waals surface area contributed by atoms with E-state index in [0.717, 1.165) is 103 Å². The molecule has 8 rings (SSSR count). The fourth-order valence-electron chi connectivity index (χ4n) is 11.6. The third kappa shape index (κ3) is 5.10. The number of rotatable bonds is 7. The number of nitrogens with one attached hydrogen (secondary N) is 1. The fraction of sp³-hybridized carbons (Fsp3) is 0.634. The number of hydrogen-bond acceptors (Lipinski definition) is 3. The van der Waals surface area contributed by atoms with E-state index in [-0.39, 0.29) is 17.7 Å². The number of ether oxygens (including phenoxy) is 1. The summed E-state index contributed by atoms with van der Waals surface area (Å²) in [4.78, 5) is 16.1. The maximum Gasteiger partial charge on any atom is 0.163 e. The fourth-order valence-corrected chi connectivity index (χ4v) is 11.6. The quantitative estimate of drug-likeness (QED) is 0.257. The Balaban J connectivity index is 0.857. The number of H-pyrrole nitrogens is 1. The average Bonchev–Trinajstić information content (AvgIpc) is 3.52. The number of benzene rings is 2. The van der Waals surface area contributed by atoms with Gasteiger partial charge in [-0.25, -0.2) is 4.39 Å². The Morgan fingerprint density at radius 2 is 1.74 bits per heavy atom. The van der Waals surface area contributed by atoms with Crippen molar-refractivity contribution in [3.8, 4) is 11.3 Å². The zero-order valence-corrected chi connectivity index (χ0v) is 27.9. The minimum absolute atomic E-state index is 0.0422. The largest absolute Gasteiger partial charge is 0.393 e. The zero-order valence-electron chi connectivity index (χ0n) is 27.9. The van der Waals surface area contributed by atoms with Crippen LogP contribution in [0.15, 0.2) is 36.4 Å². The van der Waals surface area contributed by atoms with Crippen molar-refractivity contribution in [2.45, 2.75) is 122 Å². The van der Waals surface area contributed by atoms with Crippen LogP contribution in [0.5, 0.6) is 0 Å². The second-order valence-electron chi connectivity index (χ2n) is 16.4. The third-order valence-corrected chi connectivity index (χ3v) is 14.1. The summed E-state index contributed by atoms with van der Waals surface area (Å²) in [6.07, 6.45) is 16.8. The molecule has 5 heteroatoms. The summed E-state index contributed by atoms with van der Waals surface area (Å²) >= 11 is 0. The van der Waals surface area contributed by atoms with Gasteiger partial charge in [0.2, 0.25) is 0 Å². The molecule has 4 fully saturated rings. The third-order valence-electron chi connectivity index (χ3n) is 14.1. The first-order chi connectivity index (χ1) is 22.2. The zero-order chi connectivity index (χ0) is 31.6. The molecule has 46 heavy (non-hydrogen) atoms. The van der Waals surface area contributed by atoms with Crippen LogP contribution < -0.4 is 0 Å². The molecule has 5 aliphatic rings. The number of ketones is 1. The maximum atomic E-state index is 14.3. The average molecular weight is 626 g/mol. The number of unbranched alkanes of at least 4 members (excludes halogenated alkanes) is 1. The van der Waals surface area contributed by atoms with E-state index in [0.29, 0.717) is 28.9 Å². The molecule has 0 bridgehead atoms. The summed E-state index contributed by atoms with van der Waals surface area (Å²) in [6.45, 7) is 6.00. The first-order valence-electron chi connectivity index (χ1n) is 18.5. The molecule has 5 aliphatic carbocycles. The molecular weight excluding hydrogens is 573 g/mol. The van der Waals surface area contributed by atoms with Gasteiger partial charge < -0.3 is 14.8 Å². The Morgan fingerprint density at radius 3 is 2.59 bits per heavy atom. The van der Waals surface area contributed by atoms with Gasteiger partial charge >= 0.3 is 0 Å². The minimum Gasteiger partial charge on any atom is -0.393 e. The summed E-state index contributed by atoms with van der Waals surface area (Å²) in [6, 6.07) is 11.7. The number of aromatic amines is 1. The van der Waals surface area contributed by atoms with E-state index in [1.165, 1.54) is 62.6 Å². The molecule has 0 radical (unpaired) electrons. The van der Waals surface area contributed by atoms with E-state index in [9.17, 15) is 14.3 Å². The molecule has 0 unspecified atom stereocenters. The minimum atomic E-state index is -0.358. The van der Waals surface area contributed by atoms with E-state index in [1.54, 1.807) is 0 Å². The lowest BCUT2D eigenvalue weighted by Gasteiger charge is -2.60. The number of aryl methyl sites for hydroxylation is 2. The highest BCUT2D eigenvalue weighted by Crippen LogP contribution is 2.66. The van der Waals surface area contributed by atoms with Gasteiger partial charge in [-0.15, -0.1) is 0 Å². The number of aromatic nitrogens is 1. The van der Waals surface area contributed by atoms with E-state index >= 15 is 0 Å². The molecule has 0 amide bonds. The SMILES string of the molecule is C[C@]12CC[C@H](O)C[C@@H]1CC[C@@H]1[C@@H]2CC[C@]2(C)[C@@H](OCCCCc3ccc(-c4[nH]c5cc(F)cc6c5c4CCCC6=O)cc3)CC[C@@H]12. The smallest absolute Gasteiger partial charge is 0.163 e. The lowest BCUT2D eigenvalue weighted by atomic mass is 9.45. The van der Waals surface area contributed by atoms with Crippen LogP contribution in [-0.4, -0.2) is 34.7 Å². The number of Topliss-reactive ketones (excluding diaryl/α,β-unsaturated/α-hetero) is 1. The number of aliphatic hydroxyl groups is 1. The van der Waals surface area contributed by atoms with E-state index in [4.69, 9.17) is 4.74 Å². The topological polar surface area (TPSA) is 62.3 Å². The number of aliphatic hydroxyl groups excluding tert-OH is 1. The Hall–Kier alpha value is -2.50. The second-order valence-corrected chi connectivity index (χ2v) is 16.4. The van der Waals surface area contributed by atoms with Crippen molar-refractivity contribution < 1.29 is 19.0 Å². The van der Waals surface area contributed by atoms with Gasteiger partial charge in [-0.1, -0.05) is 38.1 Å². The van der Waals surface area contributed by atoms with Gasteiger partial charge in [0.1, 0.15) is 5.82 Å². The summed E-state index contributed by atoms with van der Waals surface area (Å²) < 4.78 is 21.0. The molecule has 3 aromatic rings. The molecule has 2 aromatic carbocycles. The van der Waals surface area contributed by atoms with Crippen molar-refractivity contribution in [2.75, 3.05) is 6.61 Å². The van der Waals surface area contributed by atoms with Crippen LogP contribution in [0.25, 0.3) is 22.2 Å². The maximum absolute atomic E-state index is 14.3. The van der Waals surface area contributed by atoms with Crippen LogP contribution in [0.1, 0.15) is 119 Å². The summed E-state index contributed by atoms with van der Waals surface area (Å²) in [5, 5.41) is 11.3. The predicted molar refractivity (Wildman–Crippen MR) is 181 cm³/mol. The number of hydrogen-bond donors (Lipinski definition) is 2. The number of carbonyl (C=O) groups excluding carboxylic acids is 1. The van der Waals surface area contributed by atoms with Gasteiger partial charge in [0, 0.05) is 35.2 Å². The Bertz CT molecular complexity index is 1610. The molecule has 0 aliphatic heterocycles. The molecule has 1 heterocycles.